The van der Waals surface area contributed by atoms with Crippen molar-refractivity contribution in [3.63, 3.8) is 0 Å². The molecule has 2 rings (SSSR count). The number of nitrogens with zero attached hydrogens (tertiary/aromatic N) is 3. The van der Waals surface area contributed by atoms with Gasteiger partial charge in [-0.1, -0.05) is 6.07 Å². The van der Waals surface area contributed by atoms with Crippen molar-refractivity contribution in [2.24, 2.45) is 5.73 Å². The van der Waals surface area contributed by atoms with Gasteiger partial charge < -0.3 is 14.9 Å². The van der Waals surface area contributed by atoms with Crippen LogP contribution < -0.4 is 11.3 Å². The Labute approximate surface area is 106 Å². The predicted molar refractivity (Wildman–Crippen MR) is 70.3 cm³/mol. The molecule has 2 N–H and O–H groups in total. The summed E-state index contributed by atoms with van der Waals surface area (Å²) in [5, 5.41) is 0. The first kappa shape index (κ1) is 12.6. The van der Waals surface area contributed by atoms with Crippen molar-refractivity contribution in [1.82, 2.24) is 14.1 Å². The summed E-state index contributed by atoms with van der Waals surface area (Å²) in [6.07, 6.45) is 3.75. The molecule has 0 aliphatic heterocycles. The molecule has 5 heteroatoms. The Hall–Kier alpha value is -1.88. The fraction of sp³-hybridized carbons (Fsp3) is 0.385. The average Bonchev–Trinajstić information content (AvgIpc) is 2.70. The van der Waals surface area contributed by atoms with Crippen LogP contribution in [-0.4, -0.2) is 14.1 Å². The highest BCUT2D eigenvalue weighted by Crippen LogP contribution is 2.09. The molecule has 0 amide bonds. The summed E-state index contributed by atoms with van der Waals surface area (Å²) in [5.41, 5.74) is 6.69. The maximum atomic E-state index is 11.6. The van der Waals surface area contributed by atoms with E-state index in [1.165, 1.54) is 0 Å². The zero-order valence-electron chi connectivity index (χ0n) is 10.7. The summed E-state index contributed by atoms with van der Waals surface area (Å²) in [6.45, 7) is 5.21. The highest BCUT2D eigenvalue weighted by molar-refractivity contribution is 5.06. The van der Waals surface area contributed by atoms with Crippen LogP contribution in [0.5, 0.6) is 0 Å². The molecular formula is C13H18N4O. The van der Waals surface area contributed by atoms with E-state index in [1.54, 1.807) is 22.9 Å². The molecule has 2 aromatic heterocycles. The Morgan fingerprint density at radius 3 is 2.67 bits per heavy atom. The number of aryl methyl sites for hydroxylation is 3. The van der Waals surface area contributed by atoms with Crippen LogP contribution in [0.1, 0.15) is 24.5 Å². The lowest BCUT2D eigenvalue weighted by Crippen LogP contribution is -2.20. The summed E-state index contributed by atoms with van der Waals surface area (Å²) in [4.78, 5) is 16.0. The fourth-order valence-electron chi connectivity index (χ4n) is 1.84. The third-order valence-corrected chi connectivity index (χ3v) is 2.94. The zero-order valence-corrected chi connectivity index (χ0v) is 10.7. The van der Waals surface area contributed by atoms with Gasteiger partial charge in [-0.15, -0.1) is 0 Å². The molecule has 0 aliphatic carbocycles. The molecule has 18 heavy (non-hydrogen) atoms. The highest BCUT2D eigenvalue weighted by Gasteiger charge is 2.07. The van der Waals surface area contributed by atoms with Gasteiger partial charge >= 0.3 is 0 Å². The number of hydrogen-bond acceptors (Lipinski definition) is 3. The monoisotopic (exact) mass is 246 g/mol. The SMILES string of the molecule is Cc1nc([C@@H](C)N)cn1CCn1ccccc1=O. The summed E-state index contributed by atoms with van der Waals surface area (Å²) < 4.78 is 3.71. The van der Waals surface area contributed by atoms with Gasteiger partial charge in [-0.3, -0.25) is 4.79 Å². The van der Waals surface area contributed by atoms with Crippen LogP contribution >= 0.6 is 0 Å². The lowest BCUT2D eigenvalue weighted by Gasteiger charge is -2.07. The van der Waals surface area contributed by atoms with Crippen molar-refractivity contribution in [3.05, 3.63) is 52.5 Å². The highest BCUT2D eigenvalue weighted by atomic mass is 16.1. The number of rotatable bonds is 4. The van der Waals surface area contributed by atoms with Crippen LogP contribution in [0.2, 0.25) is 0 Å². The van der Waals surface area contributed by atoms with Gasteiger partial charge in [0.15, 0.2) is 0 Å². The summed E-state index contributed by atoms with van der Waals surface area (Å²) in [7, 11) is 0. The largest absolute Gasteiger partial charge is 0.333 e. The fourth-order valence-corrected chi connectivity index (χ4v) is 1.84. The van der Waals surface area contributed by atoms with E-state index in [2.05, 4.69) is 4.98 Å². The van der Waals surface area contributed by atoms with E-state index in [-0.39, 0.29) is 11.6 Å². The molecule has 0 radical (unpaired) electrons. The number of aromatic nitrogens is 3. The zero-order chi connectivity index (χ0) is 13.1. The molecule has 0 saturated heterocycles. The van der Waals surface area contributed by atoms with E-state index >= 15 is 0 Å². The van der Waals surface area contributed by atoms with Gasteiger partial charge in [0.05, 0.1) is 5.69 Å². The van der Waals surface area contributed by atoms with Crippen LogP contribution in [0.25, 0.3) is 0 Å². The molecule has 0 aliphatic rings. The van der Waals surface area contributed by atoms with E-state index in [0.29, 0.717) is 6.54 Å². The molecule has 5 nitrogen and oxygen atoms in total. The first-order valence-corrected chi connectivity index (χ1v) is 6.02. The van der Waals surface area contributed by atoms with Crippen LogP contribution in [-0.2, 0) is 13.1 Å². The molecule has 96 valence electrons. The smallest absolute Gasteiger partial charge is 0.250 e. The molecule has 0 saturated carbocycles. The lowest BCUT2D eigenvalue weighted by atomic mass is 10.3. The van der Waals surface area contributed by atoms with Crippen molar-refractivity contribution in [2.75, 3.05) is 0 Å². The number of pyridine rings is 1. The van der Waals surface area contributed by atoms with E-state index in [0.717, 1.165) is 18.1 Å². The molecular weight excluding hydrogens is 228 g/mol. The Kier molecular flexibility index (Phi) is 3.62. The Morgan fingerprint density at radius 2 is 2.06 bits per heavy atom. The Balaban J connectivity index is 2.11. The third kappa shape index (κ3) is 2.68. The topological polar surface area (TPSA) is 65.8 Å². The van der Waals surface area contributed by atoms with Gasteiger partial charge in [0.2, 0.25) is 0 Å². The van der Waals surface area contributed by atoms with Gasteiger partial charge in [-0.2, -0.15) is 0 Å². The normalized spacial score (nSPS) is 12.6. The first-order valence-electron chi connectivity index (χ1n) is 6.02. The van der Waals surface area contributed by atoms with E-state index in [4.69, 9.17) is 5.73 Å². The minimum Gasteiger partial charge on any atom is -0.333 e. The van der Waals surface area contributed by atoms with Crippen molar-refractivity contribution >= 4 is 0 Å². The maximum Gasteiger partial charge on any atom is 0.250 e. The van der Waals surface area contributed by atoms with Crippen molar-refractivity contribution in [1.29, 1.82) is 0 Å². The molecule has 2 heterocycles. The van der Waals surface area contributed by atoms with Gasteiger partial charge in [-0.25, -0.2) is 4.98 Å². The van der Waals surface area contributed by atoms with Crippen LogP contribution in [0, 0.1) is 6.92 Å². The second-order valence-corrected chi connectivity index (χ2v) is 4.43. The van der Waals surface area contributed by atoms with Crippen LogP contribution in [0.3, 0.4) is 0 Å². The van der Waals surface area contributed by atoms with E-state index < -0.39 is 0 Å². The van der Waals surface area contributed by atoms with E-state index in [9.17, 15) is 4.79 Å². The number of imidazole rings is 1. The molecule has 0 unspecified atom stereocenters. The van der Waals surface area contributed by atoms with Gasteiger partial charge in [0.25, 0.3) is 5.56 Å². The summed E-state index contributed by atoms with van der Waals surface area (Å²) in [6, 6.07) is 5.10. The quantitative estimate of drug-likeness (QED) is 0.877. The van der Waals surface area contributed by atoms with Crippen molar-refractivity contribution in [3.8, 4) is 0 Å². The second kappa shape index (κ2) is 5.18. The van der Waals surface area contributed by atoms with Gasteiger partial charge in [-0.05, 0) is 19.9 Å². The number of nitrogens with two attached hydrogens (primary N) is 1. The predicted octanol–water partition coefficient (Wildman–Crippen LogP) is 1.07. The summed E-state index contributed by atoms with van der Waals surface area (Å²) in [5.74, 6) is 0.922. The number of hydrogen-bond donors (Lipinski definition) is 1. The molecule has 0 fully saturated rings. The van der Waals surface area contributed by atoms with E-state index in [1.807, 2.05) is 30.7 Å². The summed E-state index contributed by atoms with van der Waals surface area (Å²) >= 11 is 0. The van der Waals surface area contributed by atoms with Gasteiger partial charge in [0.1, 0.15) is 5.82 Å². The standard InChI is InChI=1S/C13H18N4O/c1-10(14)12-9-17(11(2)15-12)8-7-16-6-4-3-5-13(16)18/h3-6,9-10H,7-8,14H2,1-2H3/t10-/m1/s1. The Bertz CT molecular complexity index is 583. The maximum absolute atomic E-state index is 11.6. The minimum atomic E-state index is -0.0654. The molecule has 1 atom stereocenters. The first-order chi connectivity index (χ1) is 8.58. The second-order valence-electron chi connectivity index (χ2n) is 4.43. The van der Waals surface area contributed by atoms with Gasteiger partial charge in [0, 0.05) is 37.6 Å². The molecule has 0 aromatic carbocycles. The molecule has 0 bridgehead atoms. The van der Waals surface area contributed by atoms with Crippen molar-refractivity contribution < 1.29 is 0 Å². The van der Waals surface area contributed by atoms with Crippen LogP contribution in [0.15, 0.2) is 35.4 Å². The molecule has 2 aromatic rings. The third-order valence-electron chi connectivity index (χ3n) is 2.94. The lowest BCUT2D eigenvalue weighted by molar-refractivity contribution is 0.555. The minimum absolute atomic E-state index is 0.0164. The molecule has 0 spiro atoms. The van der Waals surface area contributed by atoms with Crippen LogP contribution in [0.4, 0.5) is 0 Å². The van der Waals surface area contributed by atoms with Crippen molar-refractivity contribution in [2.45, 2.75) is 33.0 Å². The Morgan fingerprint density at radius 1 is 1.33 bits per heavy atom. The average molecular weight is 246 g/mol.